The smallest absolute Gasteiger partial charge is 1.00 e. The second kappa shape index (κ2) is 11.1. The Kier molecular flexibility index (Phi) is 8.93. The summed E-state index contributed by atoms with van der Waals surface area (Å²) in [5.41, 5.74) is 10.6. The fourth-order valence-electron chi connectivity index (χ4n) is 5.28. The predicted octanol–water partition coefficient (Wildman–Crippen LogP) is 2.67. The molecular formula is C33H36Cl2Zr. The van der Waals surface area contributed by atoms with Gasteiger partial charge in [-0.05, 0) is 0 Å². The maximum Gasteiger partial charge on any atom is -1.00 e. The first kappa shape index (κ1) is 29.0. The van der Waals surface area contributed by atoms with Gasteiger partial charge in [0.2, 0.25) is 0 Å². The normalized spacial score (nSPS) is 14.6. The van der Waals surface area contributed by atoms with Gasteiger partial charge in [0, 0.05) is 0 Å². The molecule has 36 heavy (non-hydrogen) atoms. The van der Waals surface area contributed by atoms with E-state index in [-0.39, 0.29) is 35.6 Å². The molecule has 0 spiro atoms. The molecule has 2 aliphatic carbocycles. The Morgan fingerprint density at radius 1 is 0.722 bits per heavy atom. The Morgan fingerprint density at radius 2 is 1.25 bits per heavy atom. The van der Waals surface area contributed by atoms with Crippen molar-refractivity contribution in [3.8, 4) is 11.1 Å². The second-order valence-corrected chi connectivity index (χ2v) is 17.8. The van der Waals surface area contributed by atoms with Crippen LogP contribution in [0.5, 0.6) is 0 Å². The van der Waals surface area contributed by atoms with E-state index in [0.29, 0.717) is 3.63 Å². The second-order valence-electron chi connectivity index (χ2n) is 11.9. The number of fused-ring (bicyclic) bond motifs is 3. The fourth-order valence-corrected chi connectivity index (χ4v) is 12.8. The van der Waals surface area contributed by atoms with Crippen molar-refractivity contribution in [2.45, 2.75) is 62.4 Å². The molecule has 5 rings (SSSR count). The molecule has 0 saturated carbocycles. The minimum atomic E-state index is -2.28. The van der Waals surface area contributed by atoms with Gasteiger partial charge in [0.15, 0.2) is 0 Å². The van der Waals surface area contributed by atoms with Gasteiger partial charge in [-0.25, -0.2) is 0 Å². The van der Waals surface area contributed by atoms with E-state index in [4.69, 9.17) is 0 Å². The molecular weight excluding hydrogens is 558 g/mol. The van der Waals surface area contributed by atoms with Crippen LogP contribution in [0.15, 0.2) is 88.2 Å². The average Bonchev–Trinajstić information content (AvgIpc) is 3.43. The summed E-state index contributed by atoms with van der Waals surface area (Å²) in [5.74, 6) is 0. The zero-order chi connectivity index (χ0) is 24.1. The standard InChI is InChI=1S/C21H25.C7H6.C5H5.2ClH.Zr/c1-20(2,3)16-7-9-18-14(12-16)11-15-13-17(21(4,5)6)8-10-19(15)18;1-7-5-3-2-4-6-7;1-2-4-5-3-1;;;/h7-13H,1-6H3;1-6H;1-3H,4H2;2*1H;/q;;;;;+2/p-2. The van der Waals surface area contributed by atoms with Crippen molar-refractivity contribution in [3.63, 3.8) is 0 Å². The van der Waals surface area contributed by atoms with Crippen LogP contribution < -0.4 is 24.8 Å². The zero-order valence-corrected chi connectivity index (χ0v) is 26.2. The Bertz CT molecular complexity index is 1270. The van der Waals surface area contributed by atoms with Crippen LogP contribution >= 0.6 is 0 Å². The predicted molar refractivity (Wildman–Crippen MR) is 145 cm³/mol. The Morgan fingerprint density at radius 3 is 1.69 bits per heavy atom. The van der Waals surface area contributed by atoms with Crippen LogP contribution in [0.3, 0.4) is 0 Å². The summed E-state index contributed by atoms with van der Waals surface area (Å²) in [6.45, 7) is 14.0. The number of allylic oxidation sites excluding steroid dienone is 4. The molecule has 0 unspecified atom stereocenters. The first-order valence-electron chi connectivity index (χ1n) is 12.5. The summed E-state index contributed by atoms with van der Waals surface area (Å²) in [4.78, 5) is 0. The molecule has 2 aliphatic rings. The first-order valence-corrected chi connectivity index (χ1v) is 16.6. The average molecular weight is 595 g/mol. The molecule has 0 radical (unpaired) electrons. The maximum atomic E-state index is 2.71. The van der Waals surface area contributed by atoms with Crippen molar-refractivity contribution in [2.75, 3.05) is 0 Å². The molecule has 3 aromatic carbocycles. The summed E-state index contributed by atoms with van der Waals surface area (Å²) in [7, 11) is 0. The Hall–Kier alpha value is -1.53. The SMILES string of the molecule is CC(C)(C)c1ccc2c(c1)[CH](/[Zr+2](=[CH]/c1ccccc1)[C]1=CC=CC1)c1cc(C(C)(C)C)ccc1-2.[Cl-].[Cl-]. The third-order valence-corrected chi connectivity index (χ3v) is 14.7. The number of hydrogen-bond acceptors (Lipinski definition) is 0. The summed E-state index contributed by atoms with van der Waals surface area (Å²) < 4.78 is 4.93. The Labute approximate surface area is 237 Å². The fraction of sp³-hybridized carbons (Fsp3) is 0.303. The van der Waals surface area contributed by atoms with Crippen LogP contribution in [0.4, 0.5) is 0 Å². The van der Waals surface area contributed by atoms with E-state index >= 15 is 0 Å². The monoisotopic (exact) mass is 592 g/mol. The van der Waals surface area contributed by atoms with Crippen molar-refractivity contribution in [2.24, 2.45) is 0 Å². The molecule has 0 aliphatic heterocycles. The zero-order valence-electron chi connectivity index (χ0n) is 22.2. The van der Waals surface area contributed by atoms with Crippen LogP contribution in [-0.4, -0.2) is 3.71 Å². The quantitative estimate of drug-likeness (QED) is 0.438. The van der Waals surface area contributed by atoms with E-state index < -0.39 is 21.3 Å². The van der Waals surface area contributed by atoms with E-state index in [2.05, 4.69) is 130 Å². The van der Waals surface area contributed by atoms with Crippen LogP contribution in [0.1, 0.15) is 79.4 Å². The molecule has 3 aromatic rings. The summed E-state index contributed by atoms with van der Waals surface area (Å²) in [5, 5.41) is 0. The number of halogens is 2. The first-order chi connectivity index (χ1) is 16.1. The minimum Gasteiger partial charge on any atom is -1.00 e. The Balaban J connectivity index is 0.00000180. The molecule has 0 heterocycles. The van der Waals surface area contributed by atoms with Crippen LogP contribution in [-0.2, 0) is 32.1 Å². The molecule has 0 amide bonds. The molecule has 0 aromatic heterocycles. The van der Waals surface area contributed by atoms with Gasteiger partial charge in [-0.1, -0.05) is 0 Å². The van der Waals surface area contributed by atoms with Gasteiger partial charge in [0.05, 0.1) is 0 Å². The maximum absolute atomic E-state index is 2.71. The number of benzene rings is 3. The van der Waals surface area contributed by atoms with Gasteiger partial charge >= 0.3 is 215 Å². The van der Waals surface area contributed by atoms with Crippen LogP contribution in [0.2, 0.25) is 0 Å². The topological polar surface area (TPSA) is 0 Å². The van der Waals surface area contributed by atoms with Crippen molar-refractivity contribution < 1.29 is 46.1 Å². The molecule has 186 valence electrons. The summed E-state index contributed by atoms with van der Waals surface area (Å²) in [6.07, 6.45) is 8.19. The van der Waals surface area contributed by atoms with E-state index in [1.165, 1.54) is 27.8 Å². The van der Waals surface area contributed by atoms with Gasteiger partial charge in [-0.3, -0.25) is 0 Å². The largest absolute Gasteiger partial charge is 1.00 e. The van der Waals surface area contributed by atoms with Crippen LogP contribution in [0.25, 0.3) is 11.1 Å². The minimum absolute atomic E-state index is 0. The molecule has 0 fully saturated rings. The summed E-state index contributed by atoms with van der Waals surface area (Å²) >= 11 is -2.28. The van der Waals surface area contributed by atoms with E-state index in [1.807, 2.05) is 0 Å². The van der Waals surface area contributed by atoms with Gasteiger partial charge < -0.3 is 24.8 Å². The molecule has 0 nitrogen and oxygen atoms in total. The molecule has 0 N–H and O–H groups in total. The van der Waals surface area contributed by atoms with E-state index in [9.17, 15) is 0 Å². The van der Waals surface area contributed by atoms with E-state index in [0.717, 1.165) is 6.42 Å². The molecule has 0 saturated heterocycles. The van der Waals surface area contributed by atoms with Crippen molar-refractivity contribution in [1.82, 2.24) is 0 Å². The molecule has 0 bridgehead atoms. The van der Waals surface area contributed by atoms with Crippen LogP contribution in [0, 0.1) is 0 Å². The number of rotatable bonds is 3. The van der Waals surface area contributed by atoms with E-state index in [1.54, 1.807) is 14.4 Å². The van der Waals surface area contributed by atoms with Crippen molar-refractivity contribution in [3.05, 3.63) is 116 Å². The van der Waals surface area contributed by atoms with Gasteiger partial charge in [0.25, 0.3) is 0 Å². The number of hydrogen-bond donors (Lipinski definition) is 0. The summed E-state index contributed by atoms with van der Waals surface area (Å²) in [6, 6.07) is 25.7. The third-order valence-electron chi connectivity index (χ3n) is 7.32. The van der Waals surface area contributed by atoms with Gasteiger partial charge in [-0.15, -0.1) is 0 Å². The third kappa shape index (κ3) is 5.65. The van der Waals surface area contributed by atoms with Gasteiger partial charge in [-0.2, -0.15) is 0 Å². The van der Waals surface area contributed by atoms with Crippen molar-refractivity contribution >= 4 is 3.71 Å². The van der Waals surface area contributed by atoms with Gasteiger partial charge in [0.1, 0.15) is 0 Å². The molecule has 3 heteroatoms. The van der Waals surface area contributed by atoms with Crippen molar-refractivity contribution in [1.29, 1.82) is 0 Å². The molecule has 0 atom stereocenters.